The molecule has 0 atom stereocenters. The van der Waals surface area contributed by atoms with Gasteiger partial charge in [-0.2, -0.15) is 4.39 Å². The molecule has 2 amide bonds. The summed E-state index contributed by atoms with van der Waals surface area (Å²) in [5.41, 5.74) is -2.20. The topological polar surface area (TPSA) is 104 Å². The third-order valence-corrected chi connectivity index (χ3v) is 3.30. The molecule has 0 aliphatic rings. The van der Waals surface area contributed by atoms with E-state index in [2.05, 4.69) is 5.32 Å². The first-order valence-corrected chi connectivity index (χ1v) is 7.98. The lowest BCUT2D eigenvalue weighted by Crippen LogP contribution is -2.41. The van der Waals surface area contributed by atoms with Gasteiger partial charge in [-0.05, 0) is 19.3 Å². The maximum Gasteiger partial charge on any atom is 0.336 e. The Balaban J connectivity index is 2.49. The van der Waals surface area contributed by atoms with Crippen molar-refractivity contribution in [2.75, 3.05) is 19.6 Å². The molecule has 0 saturated carbocycles. The number of hydrogen-bond acceptors (Lipinski definition) is 4. The first kappa shape index (κ1) is 19.6. The molecule has 0 fully saturated rings. The van der Waals surface area contributed by atoms with E-state index in [-0.39, 0.29) is 18.9 Å². The van der Waals surface area contributed by atoms with Crippen molar-refractivity contribution >= 4 is 11.9 Å². The minimum atomic E-state index is -1.23. The Morgan fingerprint density at radius 2 is 1.88 bits per heavy atom. The molecule has 134 valence electrons. The number of nitrogens with one attached hydrogen (secondary N) is 2. The average Bonchev–Trinajstić information content (AvgIpc) is 2.54. The van der Waals surface area contributed by atoms with Crippen LogP contribution in [0, 0.1) is 5.82 Å². The maximum absolute atomic E-state index is 13.1. The van der Waals surface area contributed by atoms with Crippen molar-refractivity contribution in [2.45, 2.75) is 39.5 Å². The summed E-state index contributed by atoms with van der Waals surface area (Å²) in [6.45, 7) is 5.55. The molecule has 8 nitrogen and oxygen atoms in total. The maximum atomic E-state index is 13.1. The summed E-state index contributed by atoms with van der Waals surface area (Å²) in [6, 6.07) is -0.860. The van der Waals surface area contributed by atoms with E-state index < -0.39 is 23.1 Å². The number of aromatic amines is 1. The second-order valence-corrected chi connectivity index (χ2v) is 5.32. The van der Waals surface area contributed by atoms with Gasteiger partial charge in [-0.3, -0.25) is 14.6 Å². The summed E-state index contributed by atoms with van der Waals surface area (Å²) in [5.74, 6) is -1.21. The van der Waals surface area contributed by atoms with E-state index >= 15 is 0 Å². The fourth-order valence-electron chi connectivity index (χ4n) is 2.18. The molecule has 0 aliphatic heterocycles. The van der Waals surface area contributed by atoms with Crippen molar-refractivity contribution in [3.05, 3.63) is 32.9 Å². The molecule has 0 spiro atoms. The molecule has 24 heavy (non-hydrogen) atoms. The highest BCUT2D eigenvalue weighted by Crippen LogP contribution is 2.00. The second-order valence-electron chi connectivity index (χ2n) is 5.32. The van der Waals surface area contributed by atoms with Crippen LogP contribution in [0.5, 0.6) is 0 Å². The second kappa shape index (κ2) is 9.64. The van der Waals surface area contributed by atoms with Crippen molar-refractivity contribution in [1.29, 1.82) is 0 Å². The fraction of sp³-hybridized carbons (Fsp3) is 0.600. The molecule has 1 rings (SSSR count). The SMILES string of the molecule is CCCN(CCC)C(=O)CCCNC(=O)n1cc(F)c(=O)[nH]c1=O. The predicted molar refractivity (Wildman–Crippen MR) is 86.5 cm³/mol. The first-order chi connectivity index (χ1) is 11.4. The smallest absolute Gasteiger partial charge is 0.336 e. The van der Waals surface area contributed by atoms with Crippen molar-refractivity contribution in [3.8, 4) is 0 Å². The Hall–Kier alpha value is -2.45. The standard InChI is InChI=1S/C15H23FN4O4/c1-3-8-19(9-4-2)12(21)6-5-7-17-14(23)20-10-11(16)13(22)18-15(20)24/h10H,3-9H2,1-2H3,(H,17,23)(H,18,22,24). The number of H-pyrrole nitrogens is 1. The number of aromatic nitrogens is 2. The van der Waals surface area contributed by atoms with Gasteiger partial charge in [0.25, 0.3) is 5.56 Å². The molecule has 0 aromatic carbocycles. The van der Waals surface area contributed by atoms with Crippen LogP contribution in [0.2, 0.25) is 0 Å². The van der Waals surface area contributed by atoms with E-state index in [4.69, 9.17) is 0 Å². The quantitative estimate of drug-likeness (QED) is 0.677. The van der Waals surface area contributed by atoms with Gasteiger partial charge in [-0.1, -0.05) is 13.8 Å². The molecule has 0 saturated heterocycles. The third kappa shape index (κ3) is 5.64. The summed E-state index contributed by atoms with van der Waals surface area (Å²) in [7, 11) is 0. The van der Waals surface area contributed by atoms with Crippen LogP contribution in [-0.4, -0.2) is 46.0 Å². The number of nitrogens with zero attached hydrogens (tertiary/aromatic N) is 2. The van der Waals surface area contributed by atoms with E-state index in [0.29, 0.717) is 30.3 Å². The predicted octanol–water partition coefficient (Wildman–Crippen LogP) is 0.662. The van der Waals surface area contributed by atoms with Gasteiger partial charge in [0.2, 0.25) is 11.7 Å². The summed E-state index contributed by atoms with van der Waals surface area (Å²) in [5, 5.41) is 2.41. The van der Waals surface area contributed by atoms with Crippen molar-refractivity contribution in [2.24, 2.45) is 0 Å². The van der Waals surface area contributed by atoms with Crippen LogP contribution in [0.25, 0.3) is 0 Å². The normalized spacial score (nSPS) is 10.5. The van der Waals surface area contributed by atoms with Crippen LogP contribution in [0.15, 0.2) is 15.8 Å². The molecule has 2 N–H and O–H groups in total. The molecule has 0 aliphatic carbocycles. The third-order valence-electron chi connectivity index (χ3n) is 3.30. The molecule has 0 radical (unpaired) electrons. The van der Waals surface area contributed by atoms with Crippen molar-refractivity contribution in [3.63, 3.8) is 0 Å². The molecule has 1 aromatic rings. The molecule has 0 bridgehead atoms. The summed E-state index contributed by atoms with van der Waals surface area (Å²) >= 11 is 0. The van der Waals surface area contributed by atoms with E-state index in [1.807, 2.05) is 13.8 Å². The van der Waals surface area contributed by atoms with Gasteiger partial charge < -0.3 is 10.2 Å². The van der Waals surface area contributed by atoms with Gasteiger partial charge in [-0.25, -0.2) is 14.2 Å². The van der Waals surface area contributed by atoms with Crippen LogP contribution < -0.4 is 16.6 Å². The minimum absolute atomic E-state index is 0.0141. The number of hydrogen-bond donors (Lipinski definition) is 2. The average molecular weight is 342 g/mol. The van der Waals surface area contributed by atoms with Crippen LogP contribution >= 0.6 is 0 Å². The van der Waals surface area contributed by atoms with Crippen LogP contribution in [0.4, 0.5) is 9.18 Å². The fourth-order valence-corrected chi connectivity index (χ4v) is 2.18. The lowest BCUT2D eigenvalue weighted by atomic mass is 10.2. The first-order valence-electron chi connectivity index (χ1n) is 7.98. The highest BCUT2D eigenvalue weighted by molar-refractivity contribution is 5.77. The number of amides is 2. The van der Waals surface area contributed by atoms with Crippen LogP contribution in [0.3, 0.4) is 0 Å². The molecule has 1 aromatic heterocycles. The zero-order valence-electron chi connectivity index (χ0n) is 13.9. The largest absolute Gasteiger partial charge is 0.343 e. The zero-order valence-corrected chi connectivity index (χ0v) is 13.9. The molecular weight excluding hydrogens is 319 g/mol. The molecule has 0 unspecified atom stereocenters. The lowest BCUT2D eigenvalue weighted by Gasteiger charge is -2.21. The van der Waals surface area contributed by atoms with E-state index in [1.165, 1.54) is 0 Å². The van der Waals surface area contributed by atoms with Gasteiger partial charge in [0.1, 0.15) is 0 Å². The summed E-state index contributed by atoms with van der Waals surface area (Å²) < 4.78 is 13.6. The van der Waals surface area contributed by atoms with Gasteiger partial charge in [0.05, 0.1) is 6.20 Å². The van der Waals surface area contributed by atoms with Crippen LogP contribution in [-0.2, 0) is 4.79 Å². The Bertz CT molecular complexity index is 677. The Morgan fingerprint density at radius 1 is 1.25 bits per heavy atom. The number of halogens is 1. The van der Waals surface area contributed by atoms with E-state index in [1.54, 1.807) is 9.88 Å². The highest BCUT2D eigenvalue weighted by Gasteiger charge is 2.13. The number of rotatable bonds is 8. The highest BCUT2D eigenvalue weighted by atomic mass is 19.1. The van der Waals surface area contributed by atoms with E-state index in [0.717, 1.165) is 12.8 Å². The minimum Gasteiger partial charge on any atom is -0.343 e. The van der Waals surface area contributed by atoms with Gasteiger partial charge >= 0.3 is 11.7 Å². The molecule has 1 heterocycles. The van der Waals surface area contributed by atoms with Crippen LogP contribution in [0.1, 0.15) is 39.5 Å². The molecular formula is C15H23FN4O4. The van der Waals surface area contributed by atoms with Gasteiger partial charge in [0.15, 0.2) is 0 Å². The Morgan fingerprint density at radius 3 is 2.46 bits per heavy atom. The summed E-state index contributed by atoms with van der Waals surface area (Å²) in [6.07, 6.45) is 2.96. The van der Waals surface area contributed by atoms with Gasteiger partial charge in [-0.15, -0.1) is 0 Å². The lowest BCUT2D eigenvalue weighted by molar-refractivity contribution is -0.131. The molecule has 9 heteroatoms. The number of carbonyl (C=O) groups excluding carboxylic acids is 2. The van der Waals surface area contributed by atoms with E-state index in [9.17, 15) is 23.6 Å². The number of carbonyl (C=O) groups is 2. The van der Waals surface area contributed by atoms with Gasteiger partial charge in [0, 0.05) is 26.1 Å². The monoisotopic (exact) mass is 342 g/mol. The Kier molecular flexibility index (Phi) is 7.87. The summed E-state index contributed by atoms with van der Waals surface area (Å²) in [4.78, 5) is 49.6. The van der Waals surface area contributed by atoms with Crippen molar-refractivity contribution < 1.29 is 14.0 Å². The zero-order chi connectivity index (χ0) is 18.1. The Labute approximate surface area is 138 Å². The van der Waals surface area contributed by atoms with Crippen molar-refractivity contribution in [1.82, 2.24) is 19.8 Å².